The number of carboxylic acid groups (broad SMARTS) is 1. The Morgan fingerprint density at radius 3 is 2.70 bits per heavy atom. The minimum Gasteiger partial charge on any atom is -0.545 e. The second-order valence-corrected chi connectivity index (χ2v) is 6.52. The molecule has 0 radical (unpaired) electrons. The van der Waals surface area contributed by atoms with Crippen molar-refractivity contribution in [1.29, 1.82) is 0 Å². The lowest BCUT2D eigenvalue weighted by Gasteiger charge is -2.38. The summed E-state index contributed by atoms with van der Waals surface area (Å²) in [5.74, 6) is -0.545. The highest BCUT2D eigenvalue weighted by Crippen LogP contribution is 2.50. The number of nitrogens with one attached hydrogen (secondary N) is 1. The van der Waals surface area contributed by atoms with Crippen molar-refractivity contribution < 1.29 is 9.90 Å². The zero-order valence-corrected chi connectivity index (χ0v) is 13.1. The number of hydrogen-bond donors (Lipinski definition) is 1. The van der Waals surface area contributed by atoms with Gasteiger partial charge in [0, 0.05) is 22.2 Å². The summed E-state index contributed by atoms with van der Waals surface area (Å²) >= 11 is 5.99. The van der Waals surface area contributed by atoms with E-state index in [1.54, 1.807) is 12.1 Å². The molecule has 0 saturated heterocycles. The fourth-order valence-corrected chi connectivity index (χ4v) is 3.92. The van der Waals surface area contributed by atoms with Crippen molar-refractivity contribution in [3.63, 3.8) is 0 Å². The summed E-state index contributed by atoms with van der Waals surface area (Å²) in [5.41, 5.74) is 3.06. The number of para-hydroxylation sites is 1. The highest BCUT2D eigenvalue weighted by Gasteiger charge is 2.38. The Morgan fingerprint density at radius 1 is 1.17 bits per heavy atom. The Bertz CT molecular complexity index is 798. The third-order valence-electron chi connectivity index (χ3n) is 4.85. The molecule has 116 valence electrons. The molecule has 1 N–H and O–H groups in total. The maximum atomic E-state index is 11.5. The molecule has 0 spiro atoms. The number of benzene rings is 2. The van der Waals surface area contributed by atoms with E-state index in [1.807, 2.05) is 30.3 Å². The van der Waals surface area contributed by atoms with Gasteiger partial charge in [0.1, 0.15) is 0 Å². The average molecular weight is 325 g/mol. The quantitative estimate of drug-likeness (QED) is 0.860. The molecule has 1 aliphatic carbocycles. The summed E-state index contributed by atoms with van der Waals surface area (Å²) in [4.78, 5) is 11.5. The maximum absolute atomic E-state index is 11.5. The summed E-state index contributed by atoms with van der Waals surface area (Å²) in [5, 5.41) is 15.6. The van der Waals surface area contributed by atoms with E-state index in [-0.39, 0.29) is 17.5 Å². The number of anilines is 1. The van der Waals surface area contributed by atoms with Gasteiger partial charge in [-0.15, -0.1) is 0 Å². The number of halogens is 1. The molecule has 2 aromatic carbocycles. The van der Waals surface area contributed by atoms with Crippen molar-refractivity contribution in [2.45, 2.75) is 18.4 Å². The lowest BCUT2D eigenvalue weighted by atomic mass is 9.76. The van der Waals surface area contributed by atoms with Crippen LogP contribution in [-0.4, -0.2) is 5.97 Å². The number of carboxylic acids is 1. The number of carbonyl (C=O) groups is 1. The van der Waals surface area contributed by atoms with Crippen molar-refractivity contribution in [3.05, 3.63) is 76.3 Å². The Hall–Kier alpha value is -2.26. The summed E-state index contributed by atoms with van der Waals surface area (Å²) in [7, 11) is 0. The van der Waals surface area contributed by atoms with Crippen molar-refractivity contribution >= 4 is 23.3 Å². The molecule has 4 rings (SSSR count). The molecular formula is C19H15ClNO2-. The van der Waals surface area contributed by atoms with Gasteiger partial charge in [-0.05, 0) is 35.6 Å². The van der Waals surface area contributed by atoms with Crippen LogP contribution in [0.5, 0.6) is 0 Å². The molecule has 0 amide bonds. The smallest absolute Gasteiger partial charge is 0.0736 e. The van der Waals surface area contributed by atoms with E-state index in [4.69, 9.17) is 11.6 Å². The zero-order chi connectivity index (χ0) is 16.0. The largest absolute Gasteiger partial charge is 0.545 e. The van der Waals surface area contributed by atoms with E-state index in [1.165, 1.54) is 0 Å². The van der Waals surface area contributed by atoms with Gasteiger partial charge in [-0.3, -0.25) is 0 Å². The monoisotopic (exact) mass is 324 g/mol. The topological polar surface area (TPSA) is 52.2 Å². The molecule has 2 aromatic rings. The zero-order valence-electron chi connectivity index (χ0n) is 12.3. The Morgan fingerprint density at radius 2 is 1.96 bits per heavy atom. The summed E-state index contributed by atoms with van der Waals surface area (Å²) in [6, 6.07) is 13.2. The first-order valence-corrected chi connectivity index (χ1v) is 8.06. The molecule has 3 nitrogen and oxygen atoms in total. The van der Waals surface area contributed by atoms with Crippen LogP contribution in [0.1, 0.15) is 39.9 Å². The van der Waals surface area contributed by atoms with E-state index >= 15 is 0 Å². The fourth-order valence-electron chi connectivity index (χ4n) is 3.79. The van der Waals surface area contributed by atoms with Gasteiger partial charge >= 0.3 is 0 Å². The molecule has 3 atom stereocenters. The molecule has 1 aliphatic heterocycles. The van der Waals surface area contributed by atoms with Crippen LogP contribution in [0.4, 0.5) is 5.69 Å². The highest BCUT2D eigenvalue weighted by atomic mass is 35.5. The van der Waals surface area contributed by atoms with Gasteiger partial charge in [0.25, 0.3) is 0 Å². The molecule has 0 bridgehead atoms. The van der Waals surface area contributed by atoms with E-state index in [9.17, 15) is 9.90 Å². The molecule has 2 aliphatic rings. The van der Waals surface area contributed by atoms with Crippen molar-refractivity contribution in [2.75, 3.05) is 5.32 Å². The molecular weight excluding hydrogens is 310 g/mol. The Labute approximate surface area is 139 Å². The number of allylic oxidation sites excluding steroid dienone is 2. The van der Waals surface area contributed by atoms with E-state index < -0.39 is 5.97 Å². The normalized spacial score (nSPS) is 24.7. The second-order valence-electron chi connectivity index (χ2n) is 6.08. The van der Waals surface area contributed by atoms with E-state index in [0.29, 0.717) is 16.6 Å². The SMILES string of the molecule is O=C([O-])c1cccc2c1N[C@@H](c1ccc(Cl)cc1)[C@H]1CC=C[C@H]21. The molecule has 0 unspecified atom stereocenters. The fraction of sp³-hybridized carbons (Fsp3) is 0.211. The lowest BCUT2D eigenvalue weighted by Crippen LogP contribution is -2.32. The molecule has 0 fully saturated rings. The standard InChI is InChI=1S/C19H16ClNO2/c20-12-9-7-11(8-10-12)17-14-4-1-3-13(14)15-5-2-6-16(19(22)23)18(15)21-17/h1-3,5-10,13-14,17,21H,4H2,(H,22,23)/p-1/t13-,14-,17-/m0/s1. The summed E-state index contributed by atoms with van der Waals surface area (Å²) < 4.78 is 0. The lowest BCUT2D eigenvalue weighted by molar-refractivity contribution is -0.254. The van der Waals surface area contributed by atoms with Crippen LogP contribution < -0.4 is 10.4 Å². The molecule has 1 heterocycles. The number of aromatic carboxylic acids is 1. The molecule has 0 saturated carbocycles. The van der Waals surface area contributed by atoms with Gasteiger partial charge in [-0.1, -0.05) is 54.1 Å². The van der Waals surface area contributed by atoms with Crippen LogP contribution in [0.3, 0.4) is 0 Å². The Kier molecular flexibility index (Phi) is 3.38. The van der Waals surface area contributed by atoms with Crippen LogP contribution >= 0.6 is 11.6 Å². The van der Waals surface area contributed by atoms with Crippen LogP contribution in [0.2, 0.25) is 5.02 Å². The number of fused-ring (bicyclic) bond motifs is 3. The molecule has 0 aromatic heterocycles. The predicted octanol–water partition coefficient (Wildman–Crippen LogP) is 3.53. The van der Waals surface area contributed by atoms with Gasteiger partial charge in [-0.25, -0.2) is 0 Å². The van der Waals surface area contributed by atoms with E-state index in [2.05, 4.69) is 17.5 Å². The minimum absolute atomic E-state index is 0.0558. The molecule has 4 heteroatoms. The number of hydrogen-bond acceptors (Lipinski definition) is 3. The van der Waals surface area contributed by atoms with Gasteiger partial charge in [0.2, 0.25) is 0 Å². The van der Waals surface area contributed by atoms with Gasteiger partial charge < -0.3 is 15.2 Å². The number of carbonyl (C=O) groups excluding carboxylic acids is 1. The van der Waals surface area contributed by atoms with Crippen LogP contribution in [0.25, 0.3) is 0 Å². The van der Waals surface area contributed by atoms with Crippen LogP contribution in [0.15, 0.2) is 54.6 Å². The molecule has 23 heavy (non-hydrogen) atoms. The minimum atomic E-state index is -1.15. The summed E-state index contributed by atoms with van der Waals surface area (Å²) in [6.07, 6.45) is 5.34. The van der Waals surface area contributed by atoms with Gasteiger partial charge in [0.05, 0.1) is 12.0 Å². The van der Waals surface area contributed by atoms with E-state index in [0.717, 1.165) is 17.5 Å². The van der Waals surface area contributed by atoms with Gasteiger partial charge in [0.15, 0.2) is 0 Å². The number of rotatable bonds is 2. The first kappa shape index (κ1) is 14.3. The second kappa shape index (κ2) is 5.43. The van der Waals surface area contributed by atoms with Crippen molar-refractivity contribution in [1.82, 2.24) is 0 Å². The predicted molar refractivity (Wildman–Crippen MR) is 88.6 cm³/mol. The van der Waals surface area contributed by atoms with Crippen molar-refractivity contribution in [2.24, 2.45) is 5.92 Å². The van der Waals surface area contributed by atoms with Gasteiger partial charge in [-0.2, -0.15) is 0 Å². The maximum Gasteiger partial charge on any atom is 0.0736 e. The van der Waals surface area contributed by atoms with Crippen LogP contribution in [-0.2, 0) is 0 Å². The summed E-state index contributed by atoms with van der Waals surface area (Å²) in [6.45, 7) is 0. The first-order valence-electron chi connectivity index (χ1n) is 7.68. The highest BCUT2D eigenvalue weighted by molar-refractivity contribution is 6.30. The first-order chi connectivity index (χ1) is 11.1. The average Bonchev–Trinajstić information content (AvgIpc) is 3.04. The third kappa shape index (κ3) is 2.32. The van der Waals surface area contributed by atoms with Crippen molar-refractivity contribution in [3.8, 4) is 0 Å². The Balaban J connectivity index is 1.83. The van der Waals surface area contributed by atoms with Crippen LogP contribution in [0, 0.1) is 5.92 Å². The third-order valence-corrected chi connectivity index (χ3v) is 5.10.